The number of nitrogens with zero attached hydrogens (tertiary/aromatic N) is 1. The van der Waals surface area contributed by atoms with Gasteiger partial charge in [0.25, 0.3) is 0 Å². The van der Waals surface area contributed by atoms with Crippen LogP contribution >= 0.6 is 0 Å². The third-order valence-electron chi connectivity index (χ3n) is 3.35. The number of carbonyl (C=O) groups is 1. The number of nitrogens with one attached hydrogen (secondary N) is 1. The van der Waals surface area contributed by atoms with Crippen LogP contribution in [0.15, 0.2) is 18.2 Å². The predicted octanol–water partition coefficient (Wildman–Crippen LogP) is 3.29. The smallest absolute Gasteiger partial charge is 0.326 e. The summed E-state index contributed by atoms with van der Waals surface area (Å²) in [7, 11) is 0. The number of rotatable bonds is 1. The molecule has 23 heavy (non-hydrogen) atoms. The lowest BCUT2D eigenvalue weighted by molar-refractivity contribution is -0.143. The molecule has 128 valence electrons. The maximum Gasteiger partial charge on any atom is 0.416 e. The molecule has 3 N–H and O–H groups in total. The number of anilines is 1. The molecule has 1 fully saturated rings. The van der Waals surface area contributed by atoms with E-state index >= 15 is 0 Å². The average molecular weight is 341 g/mol. The van der Waals surface area contributed by atoms with Crippen molar-refractivity contribution in [3.05, 3.63) is 29.3 Å². The molecular formula is C13H13F6N3O. The van der Waals surface area contributed by atoms with E-state index in [4.69, 9.17) is 5.73 Å². The van der Waals surface area contributed by atoms with Crippen LogP contribution in [0.4, 0.5) is 36.8 Å². The lowest BCUT2D eigenvalue weighted by Crippen LogP contribution is -2.35. The van der Waals surface area contributed by atoms with Crippen LogP contribution in [-0.4, -0.2) is 30.1 Å². The van der Waals surface area contributed by atoms with Gasteiger partial charge in [0, 0.05) is 24.8 Å². The molecule has 10 heteroatoms. The summed E-state index contributed by atoms with van der Waals surface area (Å²) in [6.07, 6.45) is -9.41. The van der Waals surface area contributed by atoms with Gasteiger partial charge in [-0.1, -0.05) is 0 Å². The van der Waals surface area contributed by atoms with Crippen molar-refractivity contribution in [2.75, 3.05) is 18.4 Å². The van der Waals surface area contributed by atoms with Crippen LogP contribution in [0.2, 0.25) is 0 Å². The number of likely N-dealkylation sites (tertiary alicyclic amines) is 1. The first kappa shape index (κ1) is 17.4. The van der Waals surface area contributed by atoms with E-state index in [1.807, 2.05) is 0 Å². The quantitative estimate of drug-likeness (QED) is 0.770. The summed E-state index contributed by atoms with van der Waals surface area (Å²) >= 11 is 0. The maximum absolute atomic E-state index is 12.7. The standard InChI is InChI=1S/C13H13F6N3O/c14-12(15,16)7-3-8(13(17,18)19)5-10(4-7)21-11(23)22-2-1-9(20)6-22/h3-5,9H,1-2,6,20H2,(H,21,23)/t9-/m1/s1. The van der Waals surface area contributed by atoms with Crippen LogP contribution in [0.25, 0.3) is 0 Å². The van der Waals surface area contributed by atoms with Gasteiger partial charge in [-0.25, -0.2) is 4.79 Å². The average Bonchev–Trinajstić information content (AvgIpc) is 2.83. The first-order valence-electron chi connectivity index (χ1n) is 6.58. The van der Waals surface area contributed by atoms with E-state index in [0.717, 1.165) is 0 Å². The van der Waals surface area contributed by atoms with Crippen LogP contribution in [0.1, 0.15) is 17.5 Å². The van der Waals surface area contributed by atoms with E-state index in [1.165, 1.54) is 4.90 Å². The topological polar surface area (TPSA) is 58.4 Å². The number of hydrogen-bond acceptors (Lipinski definition) is 2. The van der Waals surface area contributed by atoms with Crippen molar-refractivity contribution >= 4 is 11.7 Å². The van der Waals surface area contributed by atoms with E-state index in [2.05, 4.69) is 5.32 Å². The Labute approximate surface area is 127 Å². The molecule has 1 aliphatic rings. The van der Waals surface area contributed by atoms with Crippen molar-refractivity contribution in [2.24, 2.45) is 5.73 Å². The first-order chi connectivity index (χ1) is 10.5. The molecule has 0 spiro atoms. The Bertz CT molecular complexity index is 566. The molecule has 1 atom stereocenters. The van der Waals surface area contributed by atoms with Crippen molar-refractivity contribution in [3.63, 3.8) is 0 Å². The summed E-state index contributed by atoms with van der Waals surface area (Å²) in [4.78, 5) is 13.1. The first-order valence-corrected chi connectivity index (χ1v) is 6.58. The van der Waals surface area contributed by atoms with Crippen molar-refractivity contribution < 1.29 is 31.1 Å². The van der Waals surface area contributed by atoms with Gasteiger partial charge in [-0.05, 0) is 24.6 Å². The molecule has 1 saturated heterocycles. The second kappa shape index (κ2) is 5.91. The highest BCUT2D eigenvalue weighted by Gasteiger charge is 2.37. The van der Waals surface area contributed by atoms with Crippen molar-refractivity contribution in [1.29, 1.82) is 0 Å². The summed E-state index contributed by atoms with van der Waals surface area (Å²) in [5.74, 6) is 0. The van der Waals surface area contributed by atoms with E-state index in [9.17, 15) is 31.1 Å². The fourth-order valence-corrected chi connectivity index (χ4v) is 2.20. The molecule has 2 amide bonds. The highest BCUT2D eigenvalue weighted by molar-refractivity contribution is 5.89. The highest BCUT2D eigenvalue weighted by atomic mass is 19.4. The molecule has 1 heterocycles. The molecule has 0 aliphatic carbocycles. The fourth-order valence-electron chi connectivity index (χ4n) is 2.20. The Morgan fingerprint density at radius 1 is 1.09 bits per heavy atom. The Balaban J connectivity index is 2.28. The van der Waals surface area contributed by atoms with E-state index in [-0.39, 0.29) is 25.2 Å². The molecule has 4 nitrogen and oxygen atoms in total. The highest BCUT2D eigenvalue weighted by Crippen LogP contribution is 2.37. The Hall–Kier alpha value is -1.97. The molecular weight excluding hydrogens is 328 g/mol. The second-order valence-corrected chi connectivity index (χ2v) is 5.22. The number of alkyl halides is 6. The minimum Gasteiger partial charge on any atom is -0.326 e. The molecule has 0 unspecified atom stereocenters. The van der Waals surface area contributed by atoms with E-state index in [1.54, 1.807) is 0 Å². The van der Waals surface area contributed by atoms with Gasteiger partial charge in [-0.2, -0.15) is 26.3 Å². The van der Waals surface area contributed by atoms with Gasteiger partial charge in [0.2, 0.25) is 0 Å². The molecule has 2 rings (SSSR count). The lowest BCUT2D eigenvalue weighted by atomic mass is 10.1. The number of hydrogen-bond donors (Lipinski definition) is 2. The summed E-state index contributed by atoms with van der Waals surface area (Å²) in [6.45, 7) is 0.481. The number of amides is 2. The largest absolute Gasteiger partial charge is 0.416 e. The minimum atomic E-state index is -4.96. The summed E-state index contributed by atoms with van der Waals surface area (Å²) < 4.78 is 76.3. The monoisotopic (exact) mass is 341 g/mol. The van der Waals surface area contributed by atoms with Gasteiger partial charge in [-0.3, -0.25) is 0 Å². The zero-order chi connectivity index (χ0) is 17.4. The van der Waals surface area contributed by atoms with E-state index in [0.29, 0.717) is 18.6 Å². The van der Waals surface area contributed by atoms with Crippen LogP contribution in [0, 0.1) is 0 Å². The fraction of sp³-hybridized carbons (Fsp3) is 0.462. The van der Waals surface area contributed by atoms with Crippen molar-refractivity contribution in [2.45, 2.75) is 24.8 Å². The Kier molecular flexibility index (Phi) is 4.47. The van der Waals surface area contributed by atoms with Gasteiger partial charge in [0.1, 0.15) is 0 Å². The molecule has 1 aliphatic heterocycles. The maximum atomic E-state index is 12.7. The van der Waals surface area contributed by atoms with Gasteiger partial charge >= 0.3 is 18.4 Å². The summed E-state index contributed by atoms with van der Waals surface area (Å²) in [6, 6.07) is -0.119. The summed E-state index contributed by atoms with van der Waals surface area (Å²) in [5, 5.41) is 2.06. The van der Waals surface area contributed by atoms with Crippen LogP contribution in [-0.2, 0) is 12.4 Å². The zero-order valence-corrected chi connectivity index (χ0v) is 11.6. The molecule has 1 aromatic rings. The number of carbonyl (C=O) groups excluding carboxylic acids is 1. The van der Waals surface area contributed by atoms with Gasteiger partial charge in [0.15, 0.2) is 0 Å². The van der Waals surface area contributed by atoms with Gasteiger partial charge in [0.05, 0.1) is 11.1 Å². The third-order valence-corrected chi connectivity index (χ3v) is 3.35. The lowest BCUT2D eigenvalue weighted by Gasteiger charge is -2.19. The van der Waals surface area contributed by atoms with Crippen LogP contribution in [0.5, 0.6) is 0 Å². The Morgan fingerprint density at radius 2 is 1.61 bits per heavy atom. The molecule has 0 bridgehead atoms. The van der Waals surface area contributed by atoms with Crippen molar-refractivity contribution in [3.8, 4) is 0 Å². The number of halogens is 6. The molecule has 0 saturated carbocycles. The zero-order valence-electron chi connectivity index (χ0n) is 11.6. The predicted molar refractivity (Wildman–Crippen MR) is 69.6 cm³/mol. The Morgan fingerprint density at radius 3 is 2.00 bits per heavy atom. The number of nitrogens with two attached hydrogens (primary N) is 1. The summed E-state index contributed by atoms with van der Waals surface area (Å²) in [5.41, 5.74) is 2.06. The molecule has 1 aromatic carbocycles. The molecule has 0 radical (unpaired) electrons. The van der Waals surface area contributed by atoms with Gasteiger partial charge in [-0.15, -0.1) is 0 Å². The SMILES string of the molecule is N[C@@H]1CCN(C(=O)Nc2cc(C(F)(F)F)cc(C(F)(F)F)c2)C1. The van der Waals surface area contributed by atoms with Crippen LogP contribution in [0.3, 0.4) is 0 Å². The second-order valence-electron chi connectivity index (χ2n) is 5.22. The van der Waals surface area contributed by atoms with Crippen molar-refractivity contribution in [1.82, 2.24) is 4.90 Å². The third kappa shape index (κ3) is 4.27. The van der Waals surface area contributed by atoms with E-state index < -0.39 is 35.2 Å². The number of urea groups is 1. The number of benzene rings is 1. The van der Waals surface area contributed by atoms with Crippen LogP contribution < -0.4 is 11.1 Å². The molecule has 0 aromatic heterocycles. The normalized spacial score (nSPS) is 19.1. The van der Waals surface area contributed by atoms with Gasteiger partial charge < -0.3 is 16.0 Å². The minimum absolute atomic E-state index is 0.00141.